The smallest absolute Gasteiger partial charge is 0.269 e. The zero-order valence-corrected chi connectivity index (χ0v) is 16.0. The van der Waals surface area contributed by atoms with E-state index in [1.165, 1.54) is 30.7 Å². The highest BCUT2D eigenvalue weighted by molar-refractivity contribution is 5.85. The van der Waals surface area contributed by atoms with Crippen LogP contribution >= 0.6 is 12.4 Å². The lowest BCUT2D eigenvalue weighted by molar-refractivity contribution is -0.384. The van der Waals surface area contributed by atoms with Crippen LogP contribution in [0.5, 0.6) is 5.75 Å². The largest absolute Gasteiger partial charge is 0.491 e. The molecule has 1 unspecified atom stereocenters. The normalized spacial score (nSPS) is 14.9. The average molecular weight is 404 g/mol. The number of imidazole rings is 1. The first-order chi connectivity index (χ1) is 13.1. The molecule has 0 radical (unpaired) electrons. The summed E-state index contributed by atoms with van der Waals surface area (Å²) in [6.07, 6.45) is 2.79. The first-order valence-corrected chi connectivity index (χ1v) is 9.12. The fourth-order valence-electron chi connectivity index (χ4n) is 3.38. The van der Waals surface area contributed by atoms with E-state index < -0.39 is 11.0 Å². The zero-order valence-electron chi connectivity index (χ0n) is 15.2. The number of fused-ring (bicyclic) bond motifs is 1. The third-order valence-electron chi connectivity index (χ3n) is 5.04. The number of nitro groups is 1. The van der Waals surface area contributed by atoms with Gasteiger partial charge in [-0.05, 0) is 37.1 Å². The van der Waals surface area contributed by atoms with Crippen molar-refractivity contribution in [2.45, 2.75) is 37.8 Å². The van der Waals surface area contributed by atoms with E-state index >= 15 is 0 Å². The van der Waals surface area contributed by atoms with Gasteiger partial charge in [-0.3, -0.25) is 10.1 Å². The van der Waals surface area contributed by atoms with Crippen LogP contribution < -0.4 is 4.74 Å². The number of non-ortho nitro benzene ring substituents is 1. The van der Waals surface area contributed by atoms with Gasteiger partial charge in [0, 0.05) is 18.1 Å². The van der Waals surface area contributed by atoms with Gasteiger partial charge in [0.1, 0.15) is 24.3 Å². The maximum absolute atomic E-state index is 10.7. The number of hydrogen-bond donors (Lipinski definition) is 1. The average Bonchev–Trinajstić information content (AvgIpc) is 2.97. The van der Waals surface area contributed by atoms with Crippen LogP contribution in [-0.4, -0.2) is 32.3 Å². The predicted octanol–water partition coefficient (Wildman–Crippen LogP) is 4.07. The second-order valence-electron chi connectivity index (χ2n) is 6.91. The zero-order chi connectivity index (χ0) is 18.8. The third kappa shape index (κ3) is 4.10. The molecule has 2 aromatic carbocycles. The predicted molar refractivity (Wildman–Crippen MR) is 108 cm³/mol. The highest BCUT2D eigenvalue weighted by Gasteiger charge is 2.26. The summed E-state index contributed by atoms with van der Waals surface area (Å²) in [6.45, 7) is 0.508. The molecule has 8 heteroatoms. The Balaban J connectivity index is 0.00000225. The van der Waals surface area contributed by atoms with Crippen molar-refractivity contribution < 1.29 is 14.8 Å². The summed E-state index contributed by atoms with van der Waals surface area (Å²) in [5.41, 5.74) is 1.98. The minimum atomic E-state index is -0.711. The molecule has 1 fully saturated rings. The Bertz CT molecular complexity index is 954. The first kappa shape index (κ1) is 20.1. The maximum atomic E-state index is 10.7. The summed E-state index contributed by atoms with van der Waals surface area (Å²) in [5.74, 6) is 1.99. The van der Waals surface area contributed by atoms with Crippen molar-refractivity contribution >= 4 is 29.1 Å². The van der Waals surface area contributed by atoms with E-state index in [1.54, 1.807) is 0 Å². The van der Waals surface area contributed by atoms with Crippen molar-refractivity contribution in [2.24, 2.45) is 0 Å². The third-order valence-corrected chi connectivity index (χ3v) is 5.04. The maximum Gasteiger partial charge on any atom is 0.269 e. The molecule has 3 aromatic rings. The molecule has 4 rings (SSSR count). The molecule has 1 aromatic heterocycles. The molecule has 1 saturated carbocycles. The minimum Gasteiger partial charge on any atom is -0.491 e. The Morgan fingerprint density at radius 3 is 2.57 bits per heavy atom. The van der Waals surface area contributed by atoms with Crippen molar-refractivity contribution in [3.8, 4) is 5.75 Å². The van der Waals surface area contributed by atoms with Gasteiger partial charge in [0.15, 0.2) is 0 Å². The standard InChI is InChI=1S/C20H21N3O4.ClH/c24-16(13-27-17-10-8-15(9-11-17)23(25)26)12-22-19-7-2-1-6-18(19)21-20(22)14-4-3-5-14;/h1-2,6-11,14,16,24H,3-5,12-13H2;1H. The molecule has 1 aliphatic rings. The highest BCUT2D eigenvalue weighted by Crippen LogP contribution is 2.37. The SMILES string of the molecule is Cl.O=[N+]([O-])c1ccc(OCC(O)Cn2c(C3CCC3)nc3ccccc32)cc1. The monoisotopic (exact) mass is 403 g/mol. The lowest BCUT2D eigenvalue weighted by atomic mass is 9.85. The number of aromatic nitrogens is 2. The molecule has 1 heterocycles. The van der Waals surface area contributed by atoms with Gasteiger partial charge in [0.25, 0.3) is 5.69 Å². The lowest BCUT2D eigenvalue weighted by Crippen LogP contribution is -2.26. The second kappa shape index (κ2) is 8.58. The van der Waals surface area contributed by atoms with E-state index in [-0.39, 0.29) is 24.7 Å². The van der Waals surface area contributed by atoms with Crippen LogP contribution in [0.3, 0.4) is 0 Å². The summed E-state index contributed by atoms with van der Waals surface area (Å²) in [5, 5.41) is 21.2. The first-order valence-electron chi connectivity index (χ1n) is 9.12. The molecular weight excluding hydrogens is 382 g/mol. The van der Waals surface area contributed by atoms with Crippen LogP contribution in [-0.2, 0) is 6.54 Å². The minimum absolute atomic E-state index is 0. The highest BCUT2D eigenvalue weighted by atomic mass is 35.5. The fourth-order valence-corrected chi connectivity index (χ4v) is 3.38. The molecule has 148 valence electrons. The number of benzene rings is 2. The lowest BCUT2D eigenvalue weighted by Gasteiger charge is -2.26. The Labute approximate surface area is 168 Å². The van der Waals surface area contributed by atoms with E-state index in [0.717, 1.165) is 29.7 Å². The van der Waals surface area contributed by atoms with E-state index in [1.807, 2.05) is 24.3 Å². The number of ether oxygens (including phenoxy) is 1. The van der Waals surface area contributed by atoms with Crippen LogP contribution in [0.15, 0.2) is 48.5 Å². The molecule has 7 nitrogen and oxygen atoms in total. The van der Waals surface area contributed by atoms with E-state index in [4.69, 9.17) is 9.72 Å². The molecule has 28 heavy (non-hydrogen) atoms. The van der Waals surface area contributed by atoms with E-state index in [2.05, 4.69) is 4.57 Å². The molecule has 0 spiro atoms. The molecule has 1 N–H and O–H groups in total. The van der Waals surface area contributed by atoms with Crippen molar-refractivity contribution in [2.75, 3.05) is 6.61 Å². The Hall–Kier alpha value is -2.64. The van der Waals surface area contributed by atoms with E-state index in [0.29, 0.717) is 18.2 Å². The van der Waals surface area contributed by atoms with Crippen LogP contribution in [0, 0.1) is 10.1 Å². The number of nitro benzene ring substituents is 1. The van der Waals surface area contributed by atoms with E-state index in [9.17, 15) is 15.2 Å². The van der Waals surface area contributed by atoms with Crippen LogP contribution in [0.2, 0.25) is 0 Å². The topological polar surface area (TPSA) is 90.4 Å². The van der Waals surface area contributed by atoms with Gasteiger partial charge in [-0.15, -0.1) is 12.4 Å². The fraction of sp³-hybridized carbons (Fsp3) is 0.350. The molecule has 0 aliphatic heterocycles. The quantitative estimate of drug-likeness (QED) is 0.474. The molecule has 1 atom stereocenters. The van der Waals surface area contributed by atoms with Gasteiger partial charge in [0.2, 0.25) is 0 Å². The number of aliphatic hydroxyl groups is 1. The molecule has 0 saturated heterocycles. The van der Waals surface area contributed by atoms with Gasteiger partial charge in [-0.1, -0.05) is 18.6 Å². The number of halogens is 1. The van der Waals surface area contributed by atoms with Crippen molar-refractivity contribution in [3.63, 3.8) is 0 Å². The number of hydrogen-bond acceptors (Lipinski definition) is 5. The van der Waals surface area contributed by atoms with Crippen molar-refractivity contribution in [1.82, 2.24) is 9.55 Å². The Kier molecular flexibility index (Phi) is 6.16. The summed E-state index contributed by atoms with van der Waals surface area (Å²) in [7, 11) is 0. The number of para-hydroxylation sites is 2. The Morgan fingerprint density at radius 1 is 1.21 bits per heavy atom. The summed E-state index contributed by atoms with van der Waals surface area (Å²) < 4.78 is 7.70. The molecule has 0 bridgehead atoms. The summed E-state index contributed by atoms with van der Waals surface area (Å²) in [4.78, 5) is 15.0. The van der Waals surface area contributed by atoms with Gasteiger partial charge >= 0.3 is 0 Å². The second-order valence-corrected chi connectivity index (χ2v) is 6.91. The van der Waals surface area contributed by atoms with Gasteiger partial charge in [0.05, 0.1) is 22.5 Å². The number of rotatable bonds is 7. The van der Waals surface area contributed by atoms with Crippen molar-refractivity contribution in [1.29, 1.82) is 0 Å². The van der Waals surface area contributed by atoms with Gasteiger partial charge in [-0.25, -0.2) is 4.98 Å². The van der Waals surface area contributed by atoms with Gasteiger partial charge < -0.3 is 14.4 Å². The van der Waals surface area contributed by atoms with Crippen LogP contribution in [0.4, 0.5) is 5.69 Å². The molecule has 0 amide bonds. The number of aliphatic hydroxyl groups excluding tert-OH is 1. The Morgan fingerprint density at radius 2 is 1.93 bits per heavy atom. The van der Waals surface area contributed by atoms with Crippen LogP contribution in [0.25, 0.3) is 11.0 Å². The molecule has 1 aliphatic carbocycles. The van der Waals surface area contributed by atoms with Crippen molar-refractivity contribution in [3.05, 3.63) is 64.5 Å². The molecular formula is C20H22ClN3O4. The summed E-state index contributed by atoms with van der Waals surface area (Å²) in [6, 6.07) is 13.8. The number of nitrogens with zero attached hydrogens (tertiary/aromatic N) is 3. The summed E-state index contributed by atoms with van der Waals surface area (Å²) >= 11 is 0. The van der Waals surface area contributed by atoms with Crippen LogP contribution in [0.1, 0.15) is 31.0 Å². The van der Waals surface area contributed by atoms with Gasteiger partial charge in [-0.2, -0.15) is 0 Å².